The molecular weight excluding hydrogens is 327 g/mol. The van der Waals surface area contributed by atoms with Crippen LogP contribution >= 0.6 is 28.1 Å². The summed E-state index contributed by atoms with van der Waals surface area (Å²) in [6.07, 6.45) is 0. The van der Waals surface area contributed by atoms with Gasteiger partial charge in [-0.15, -0.1) is 0 Å². The summed E-state index contributed by atoms with van der Waals surface area (Å²) in [6.45, 7) is 2.01. The molecule has 1 N–H and O–H groups in total. The highest BCUT2D eigenvalue weighted by Crippen LogP contribution is 2.28. The van der Waals surface area contributed by atoms with Crippen LogP contribution in [0.15, 0.2) is 40.9 Å². The third kappa shape index (κ3) is 2.03. The normalized spacial score (nSPS) is 11.1. The van der Waals surface area contributed by atoms with Gasteiger partial charge in [-0.25, -0.2) is 4.39 Å². The van der Waals surface area contributed by atoms with Gasteiger partial charge in [-0.2, -0.15) is 0 Å². The molecule has 1 heterocycles. The lowest BCUT2D eigenvalue weighted by molar-refractivity contribution is 0.629. The Hall–Kier alpha value is -1.46. The lowest BCUT2D eigenvalue weighted by atomic mass is 10.2. The van der Waals surface area contributed by atoms with Crippen molar-refractivity contribution in [2.45, 2.75) is 6.92 Å². The Balaban J connectivity index is 2.42. The number of rotatable bonds is 1. The second-order valence-corrected chi connectivity index (χ2v) is 5.51. The van der Waals surface area contributed by atoms with Crippen molar-refractivity contribution in [2.24, 2.45) is 0 Å². The SMILES string of the molecule is Cc1cccc(-n2c(=S)[nH]c3ccc(F)cc32)c1Br. The lowest BCUT2D eigenvalue weighted by Crippen LogP contribution is -1.96. The number of benzene rings is 2. The number of halogens is 2. The molecule has 0 amide bonds. The van der Waals surface area contributed by atoms with E-state index in [2.05, 4.69) is 20.9 Å². The molecule has 0 bridgehead atoms. The van der Waals surface area contributed by atoms with E-state index in [9.17, 15) is 4.39 Å². The Bertz CT molecular complexity index is 835. The van der Waals surface area contributed by atoms with Gasteiger partial charge in [0.25, 0.3) is 0 Å². The number of hydrogen-bond acceptors (Lipinski definition) is 1. The Labute approximate surface area is 123 Å². The first-order chi connectivity index (χ1) is 9.08. The van der Waals surface area contributed by atoms with Gasteiger partial charge in [-0.1, -0.05) is 12.1 Å². The fourth-order valence-electron chi connectivity index (χ4n) is 2.12. The molecule has 0 aliphatic rings. The topological polar surface area (TPSA) is 20.7 Å². The molecule has 3 rings (SSSR count). The van der Waals surface area contributed by atoms with Crippen molar-refractivity contribution < 1.29 is 4.39 Å². The third-order valence-corrected chi connectivity index (χ3v) is 4.37. The maximum Gasteiger partial charge on any atom is 0.182 e. The molecule has 0 atom stereocenters. The predicted octanol–water partition coefficient (Wildman–Crippen LogP) is 4.90. The molecule has 0 aliphatic heterocycles. The Morgan fingerprint density at radius 1 is 1.26 bits per heavy atom. The summed E-state index contributed by atoms with van der Waals surface area (Å²) in [4.78, 5) is 3.09. The average Bonchev–Trinajstić information content (AvgIpc) is 2.69. The van der Waals surface area contributed by atoms with Gasteiger partial charge in [0, 0.05) is 10.5 Å². The van der Waals surface area contributed by atoms with E-state index in [1.807, 2.05) is 29.7 Å². The molecule has 1 aromatic heterocycles. The number of nitrogens with one attached hydrogen (secondary N) is 1. The first-order valence-corrected chi connectivity index (χ1v) is 6.94. The van der Waals surface area contributed by atoms with Crippen molar-refractivity contribution in [1.82, 2.24) is 9.55 Å². The highest BCUT2D eigenvalue weighted by molar-refractivity contribution is 9.10. The summed E-state index contributed by atoms with van der Waals surface area (Å²) in [5.74, 6) is -0.279. The van der Waals surface area contributed by atoms with Crippen LogP contribution in [0.4, 0.5) is 4.39 Å². The predicted molar refractivity (Wildman–Crippen MR) is 80.9 cm³/mol. The molecule has 19 heavy (non-hydrogen) atoms. The van der Waals surface area contributed by atoms with Crippen LogP contribution in [0.25, 0.3) is 16.7 Å². The summed E-state index contributed by atoms with van der Waals surface area (Å²) in [6, 6.07) is 10.5. The van der Waals surface area contributed by atoms with Crippen molar-refractivity contribution >= 4 is 39.2 Å². The largest absolute Gasteiger partial charge is 0.330 e. The summed E-state index contributed by atoms with van der Waals surface area (Å²) in [5.41, 5.74) is 3.56. The number of fused-ring (bicyclic) bond motifs is 1. The van der Waals surface area contributed by atoms with Gasteiger partial charge in [-0.05, 0) is 58.8 Å². The van der Waals surface area contributed by atoms with Crippen molar-refractivity contribution in [1.29, 1.82) is 0 Å². The number of H-pyrrole nitrogens is 1. The number of aromatic amines is 1. The molecule has 0 aliphatic carbocycles. The van der Waals surface area contributed by atoms with Crippen molar-refractivity contribution in [3.8, 4) is 5.69 Å². The van der Waals surface area contributed by atoms with Gasteiger partial charge in [-0.3, -0.25) is 4.57 Å². The zero-order valence-electron chi connectivity index (χ0n) is 10.1. The van der Waals surface area contributed by atoms with Crippen LogP contribution in [0, 0.1) is 17.5 Å². The lowest BCUT2D eigenvalue weighted by Gasteiger charge is -2.09. The van der Waals surface area contributed by atoms with E-state index in [0.29, 0.717) is 4.77 Å². The van der Waals surface area contributed by atoms with Crippen LogP contribution < -0.4 is 0 Å². The molecule has 2 nitrogen and oxygen atoms in total. The summed E-state index contributed by atoms with van der Waals surface area (Å²) >= 11 is 8.91. The van der Waals surface area contributed by atoms with Gasteiger partial charge in [0.15, 0.2) is 4.77 Å². The number of imidazole rings is 1. The maximum absolute atomic E-state index is 13.4. The number of nitrogens with zero attached hydrogens (tertiary/aromatic N) is 1. The molecule has 5 heteroatoms. The van der Waals surface area contributed by atoms with Gasteiger partial charge >= 0.3 is 0 Å². The van der Waals surface area contributed by atoms with E-state index >= 15 is 0 Å². The molecule has 0 unspecified atom stereocenters. The first kappa shape index (κ1) is 12.6. The van der Waals surface area contributed by atoms with Gasteiger partial charge in [0.05, 0.1) is 16.7 Å². The number of aromatic nitrogens is 2. The number of aryl methyl sites for hydroxylation is 1. The Kier molecular flexibility index (Phi) is 3.03. The van der Waals surface area contributed by atoms with E-state index in [-0.39, 0.29) is 5.82 Å². The van der Waals surface area contributed by atoms with Crippen LogP contribution in [-0.4, -0.2) is 9.55 Å². The second kappa shape index (κ2) is 4.58. The summed E-state index contributed by atoms with van der Waals surface area (Å²) in [7, 11) is 0. The van der Waals surface area contributed by atoms with E-state index in [4.69, 9.17) is 12.2 Å². The number of hydrogen-bond donors (Lipinski definition) is 1. The first-order valence-electron chi connectivity index (χ1n) is 5.73. The molecule has 0 saturated heterocycles. The quantitative estimate of drug-likeness (QED) is 0.627. The summed E-state index contributed by atoms with van der Waals surface area (Å²) in [5, 5.41) is 0. The van der Waals surface area contributed by atoms with Gasteiger partial charge in [0.2, 0.25) is 0 Å². The maximum atomic E-state index is 13.4. The molecule has 96 valence electrons. The van der Waals surface area contributed by atoms with Crippen LogP contribution in [0.3, 0.4) is 0 Å². The van der Waals surface area contributed by atoms with E-state index < -0.39 is 0 Å². The Morgan fingerprint density at radius 3 is 2.84 bits per heavy atom. The zero-order valence-corrected chi connectivity index (χ0v) is 12.5. The third-order valence-electron chi connectivity index (χ3n) is 3.06. The van der Waals surface area contributed by atoms with Crippen LogP contribution in [-0.2, 0) is 0 Å². The Morgan fingerprint density at radius 2 is 2.05 bits per heavy atom. The monoisotopic (exact) mass is 336 g/mol. The fraction of sp³-hybridized carbons (Fsp3) is 0.0714. The van der Waals surface area contributed by atoms with Crippen LogP contribution in [0.5, 0.6) is 0 Å². The molecule has 0 spiro atoms. The van der Waals surface area contributed by atoms with Crippen LogP contribution in [0.2, 0.25) is 0 Å². The van der Waals surface area contributed by atoms with Crippen molar-refractivity contribution in [2.75, 3.05) is 0 Å². The molecular formula is C14H10BrFN2S. The minimum atomic E-state index is -0.279. The van der Waals surface area contributed by atoms with Crippen molar-refractivity contribution in [3.05, 3.63) is 57.0 Å². The van der Waals surface area contributed by atoms with E-state index in [1.54, 1.807) is 6.07 Å². The highest BCUT2D eigenvalue weighted by atomic mass is 79.9. The standard InChI is InChI=1S/C14H10BrFN2S/c1-8-3-2-4-11(13(8)15)18-12-7-9(16)5-6-10(12)17-14(18)19/h2-7H,1H3,(H,17,19). The summed E-state index contributed by atoms with van der Waals surface area (Å²) < 4.78 is 16.8. The van der Waals surface area contributed by atoms with Crippen molar-refractivity contribution in [3.63, 3.8) is 0 Å². The molecule has 0 saturated carbocycles. The van der Waals surface area contributed by atoms with E-state index in [0.717, 1.165) is 26.8 Å². The minimum Gasteiger partial charge on any atom is -0.330 e. The molecule has 0 radical (unpaired) electrons. The van der Waals surface area contributed by atoms with Crippen LogP contribution in [0.1, 0.15) is 5.56 Å². The highest BCUT2D eigenvalue weighted by Gasteiger charge is 2.11. The van der Waals surface area contributed by atoms with Gasteiger partial charge < -0.3 is 4.98 Å². The molecule has 3 aromatic rings. The smallest absolute Gasteiger partial charge is 0.182 e. The van der Waals surface area contributed by atoms with Gasteiger partial charge in [0.1, 0.15) is 5.82 Å². The minimum absolute atomic E-state index is 0.279. The molecule has 2 aromatic carbocycles. The van der Waals surface area contributed by atoms with E-state index in [1.165, 1.54) is 12.1 Å². The average molecular weight is 337 g/mol. The fourth-order valence-corrected chi connectivity index (χ4v) is 2.87. The molecule has 0 fully saturated rings. The zero-order chi connectivity index (χ0) is 13.6. The second-order valence-electron chi connectivity index (χ2n) is 4.34.